The highest BCUT2D eigenvalue weighted by atomic mass is 16.6. The van der Waals surface area contributed by atoms with Gasteiger partial charge in [0.1, 0.15) is 11.4 Å². The van der Waals surface area contributed by atoms with Crippen molar-refractivity contribution < 1.29 is 14.6 Å². The molecule has 0 aliphatic heterocycles. The first-order chi connectivity index (χ1) is 9.52. The molecule has 1 fully saturated rings. The molecule has 1 saturated carbocycles. The van der Waals surface area contributed by atoms with Crippen LogP contribution in [-0.2, 0) is 4.74 Å². The minimum absolute atomic E-state index is 0.00239. The standard InChI is InChI=1S/C16H24N2O3/c1-15(2,3)21-14(20)18-9-6-7-10(11(19)8-9)12-13(17)16(12,4)5/h6-8,12-13,19H,17H2,1-5H3,(H,18,20). The van der Waals surface area contributed by atoms with Crippen molar-refractivity contribution in [3.63, 3.8) is 0 Å². The van der Waals surface area contributed by atoms with Crippen LogP contribution in [0.5, 0.6) is 5.75 Å². The molecule has 0 heterocycles. The molecule has 2 rings (SSSR count). The van der Waals surface area contributed by atoms with Crippen LogP contribution < -0.4 is 11.1 Å². The van der Waals surface area contributed by atoms with Gasteiger partial charge in [-0.05, 0) is 37.8 Å². The molecule has 0 bridgehead atoms. The number of hydrogen-bond donors (Lipinski definition) is 3. The Kier molecular flexibility index (Phi) is 3.66. The van der Waals surface area contributed by atoms with Crippen molar-refractivity contribution >= 4 is 11.8 Å². The first-order valence-electron chi connectivity index (χ1n) is 7.11. The summed E-state index contributed by atoms with van der Waals surface area (Å²) in [6, 6.07) is 5.13. The van der Waals surface area contributed by atoms with E-state index in [2.05, 4.69) is 19.2 Å². The predicted octanol–water partition coefficient (Wildman–Crippen LogP) is 3.19. The zero-order valence-corrected chi connectivity index (χ0v) is 13.2. The van der Waals surface area contributed by atoms with E-state index in [4.69, 9.17) is 10.5 Å². The maximum atomic E-state index is 11.7. The molecule has 2 unspecified atom stereocenters. The quantitative estimate of drug-likeness (QED) is 0.781. The summed E-state index contributed by atoms with van der Waals surface area (Å²) < 4.78 is 5.17. The van der Waals surface area contributed by atoms with Crippen LogP contribution in [-0.4, -0.2) is 22.8 Å². The third kappa shape index (κ3) is 3.29. The molecule has 4 N–H and O–H groups in total. The van der Waals surface area contributed by atoms with Crippen molar-refractivity contribution in [1.29, 1.82) is 0 Å². The van der Waals surface area contributed by atoms with E-state index in [9.17, 15) is 9.90 Å². The average Bonchev–Trinajstić information content (AvgIpc) is 2.76. The monoisotopic (exact) mass is 292 g/mol. The van der Waals surface area contributed by atoms with Crippen molar-refractivity contribution in [2.75, 3.05) is 5.32 Å². The Morgan fingerprint density at radius 1 is 1.38 bits per heavy atom. The van der Waals surface area contributed by atoms with Crippen LogP contribution in [0.4, 0.5) is 10.5 Å². The Morgan fingerprint density at radius 3 is 2.38 bits per heavy atom. The lowest BCUT2D eigenvalue weighted by Crippen LogP contribution is -2.27. The second-order valence-electron chi connectivity index (χ2n) is 7.23. The van der Waals surface area contributed by atoms with Crippen LogP contribution in [0.2, 0.25) is 0 Å². The fourth-order valence-electron chi connectivity index (χ4n) is 2.58. The van der Waals surface area contributed by atoms with Gasteiger partial charge >= 0.3 is 6.09 Å². The van der Waals surface area contributed by atoms with E-state index < -0.39 is 11.7 Å². The van der Waals surface area contributed by atoms with Gasteiger partial charge in [0.2, 0.25) is 0 Å². The van der Waals surface area contributed by atoms with Crippen molar-refractivity contribution in [2.45, 2.75) is 52.2 Å². The first-order valence-corrected chi connectivity index (χ1v) is 7.11. The molecule has 0 spiro atoms. The van der Waals surface area contributed by atoms with E-state index >= 15 is 0 Å². The highest BCUT2D eigenvalue weighted by molar-refractivity contribution is 5.85. The summed E-state index contributed by atoms with van der Waals surface area (Å²) in [5.41, 5.74) is 6.79. The zero-order chi connectivity index (χ0) is 16.0. The Balaban J connectivity index is 2.08. The van der Waals surface area contributed by atoms with Crippen LogP contribution in [0.1, 0.15) is 46.1 Å². The molecule has 0 saturated heterocycles. The number of aromatic hydroxyl groups is 1. The number of carbonyl (C=O) groups is 1. The minimum atomic E-state index is -0.559. The molecule has 0 aromatic heterocycles. The van der Waals surface area contributed by atoms with Gasteiger partial charge in [-0.3, -0.25) is 5.32 Å². The second-order valence-corrected chi connectivity index (χ2v) is 7.23. The van der Waals surface area contributed by atoms with Crippen LogP contribution in [0.15, 0.2) is 18.2 Å². The average molecular weight is 292 g/mol. The number of anilines is 1. The van der Waals surface area contributed by atoms with Gasteiger partial charge in [-0.1, -0.05) is 19.9 Å². The number of hydrogen-bond acceptors (Lipinski definition) is 4. The highest BCUT2D eigenvalue weighted by Crippen LogP contribution is 2.59. The van der Waals surface area contributed by atoms with Crippen molar-refractivity contribution in [1.82, 2.24) is 0 Å². The molecule has 1 aliphatic carbocycles. The Hall–Kier alpha value is -1.75. The molecule has 5 heteroatoms. The van der Waals surface area contributed by atoms with Crippen molar-refractivity contribution in [2.24, 2.45) is 11.1 Å². The highest BCUT2D eigenvalue weighted by Gasteiger charge is 2.56. The van der Waals surface area contributed by atoms with Gasteiger partial charge in [0, 0.05) is 23.7 Å². The molecule has 1 aromatic rings. The molecule has 1 amide bonds. The Labute approximate surface area is 125 Å². The molecule has 116 valence electrons. The van der Waals surface area contributed by atoms with E-state index in [0.29, 0.717) is 5.69 Å². The fraction of sp³-hybridized carbons (Fsp3) is 0.562. The van der Waals surface area contributed by atoms with E-state index in [1.807, 2.05) is 0 Å². The van der Waals surface area contributed by atoms with Crippen molar-refractivity contribution in [3.05, 3.63) is 23.8 Å². The number of amides is 1. The smallest absolute Gasteiger partial charge is 0.412 e. The van der Waals surface area contributed by atoms with Gasteiger partial charge in [0.05, 0.1) is 0 Å². The van der Waals surface area contributed by atoms with Gasteiger partial charge in [-0.2, -0.15) is 0 Å². The van der Waals surface area contributed by atoms with Crippen LogP contribution in [0.3, 0.4) is 0 Å². The number of rotatable bonds is 2. The Bertz CT molecular complexity index is 561. The molecular formula is C16H24N2O3. The number of phenols is 1. The summed E-state index contributed by atoms with van der Waals surface area (Å²) in [4.78, 5) is 11.7. The second kappa shape index (κ2) is 4.91. The molecule has 5 nitrogen and oxygen atoms in total. The number of nitrogens with one attached hydrogen (secondary N) is 1. The summed E-state index contributed by atoms with van der Waals surface area (Å²) in [5, 5.41) is 12.8. The first kappa shape index (κ1) is 15.6. The summed E-state index contributed by atoms with van der Waals surface area (Å²) in [5.74, 6) is 0.294. The van der Waals surface area contributed by atoms with Crippen LogP contribution in [0.25, 0.3) is 0 Å². The SMILES string of the molecule is CC(C)(C)OC(=O)Nc1ccc(C2C(N)C2(C)C)c(O)c1. The minimum Gasteiger partial charge on any atom is -0.508 e. The lowest BCUT2D eigenvalue weighted by atomic mass is 10.0. The lowest BCUT2D eigenvalue weighted by molar-refractivity contribution is 0.0636. The lowest BCUT2D eigenvalue weighted by Gasteiger charge is -2.19. The van der Waals surface area contributed by atoms with E-state index in [0.717, 1.165) is 5.56 Å². The van der Waals surface area contributed by atoms with Crippen molar-refractivity contribution in [3.8, 4) is 5.75 Å². The van der Waals surface area contributed by atoms with Gasteiger partial charge in [-0.25, -0.2) is 4.79 Å². The fourth-order valence-corrected chi connectivity index (χ4v) is 2.58. The van der Waals surface area contributed by atoms with Gasteiger partial charge in [-0.15, -0.1) is 0 Å². The van der Waals surface area contributed by atoms with Gasteiger partial charge < -0.3 is 15.6 Å². The molecule has 1 aromatic carbocycles. The molecule has 0 radical (unpaired) electrons. The zero-order valence-electron chi connectivity index (χ0n) is 13.2. The van der Waals surface area contributed by atoms with E-state index in [1.165, 1.54) is 6.07 Å². The Morgan fingerprint density at radius 2 is 1.95 bits per heavy atom. The van der Waals surface area contributed by atoms with Crippen LogP contribution >= 0.6 is 0 Å². The number of benzene rings is 1. The summed E-state index contributed by atoms with van der Waals surface area (Å²) in [7, 11) is 0. The third-order valence-electron chi connectivity index (χ3n) is 3.92. The number of ether oxygens (including phenoxy) is 1. The van der Waals surface area contributed by atoms with E-state index in [1.54, 1.807) is 32.9 Å². The van der Waals surface area contributed by atoms with Crippen LogP contribution in [0, 0.1) is 5.41 Å². The van der Waals surface area contributed by atoms with Gasteiger partial charge in [0.25, 0.3) is 0 Å². The predicted molar refractivity (Wildman–Crippen MR) is 82.5 cm³/mol. The maximum absolute atomic E-state index is 11.7. The topological polar surface area (TPSA) is 84.6 Å². The summed E-state index contributed by atoms with van der Waals surface area (Å²) in [6.07, 6.45) is -0.543. The van der Waals surface area contributed by atoms with E-state index in [-0.39, 0.29) is 23.1 Å². The molecule has 21 heavy (non-hydrogen) atoms. The third-order valence-corrected chi connectivity index (χ3v) is 3.92. The number of phenolic OH excluding ortho intramolecular Hbond substituents is 1. The maximum Gasteiger partial charge on any atom is 0.412 e. The normalized spacial score (nSPS) is 23.5. The number of carbonyl (C=O) groups excluding carboxylic acids is 1. The summed E-state index contributed by atoms with van der Waals surface area (Å²) in [6.45, 7) is 9.54. The molecular weight excluding hydrogens is 268 g/mol. The molecule has 1 aliphatic rings. The van der Waals surface area contributed by atoms with Gasteiger partial charge in [0.15, 0.2) is 0 Å². The number of nitrogens with two attached hydrogens (primary N) is 1. The summed E-state index contributed by atoms with van der Waals surface area (Å²) >= 11 is 0. The largest absolute Gasteiger partial charge is 0.508 e. The molecule has 2 atom stereocenters.